The van der Waals surface area contributed by atoms with Crippen molar-refractivity contribution < 1.29 is 9.53 Å². The molecular weight excluding hydrogens is 344 g/mol. The van der Waals surface area contributed by atoms with Gasteiger partial charge < -0.3 is 9.72 Å². The molecule has 2 heterocycles. The number of ether oxygens (including phenoxy) is 1. The Labute approximate surface area is 149 Å². The second-order valence-electron chi connectivity index (χ2n) is 6.65. The molecule has 0 radical (unpaired) electrons. The lowest BCUT2D eigenvalue weighted by Gasteiger charge is -2.17. The van der Waals surface area contributed by atoms with Gasteiger partial charge in [0.1, 0.15) is 10.1 Å². The number of esters is 1. The van der Waals surface area contributed by atoms with Gasteiger partial charge in [0.05, 0.1) is 11.5 Å². The third-order valence-electron chi connectivity index (χ3n) is 4.12. The number of thioether (sulfide) groups is 1. The lowest BCUT2D eigenvalue weighted by atomic mass is 9.89. The Bertz CT molecular complexity index is 825. The van der Waals surface area contributed by atoms with Crippen LogP contribution >= 0.6 is 23.1 Å². The summed E-state index contributed by atoms with van der Waals surface area (Å²) in [6, 6.07) is 0. The van der Waals surface area contributed by atoms with Gasteiger partial charge in [-0.3, -0.25) is 9.59 Å². The molecule has 130 valence electrons. The maximum Gasteiger partial charge on any atom is 0.319 e. The van der Waals surface area contributed by atoms with Gasteiger partial charge in [-0.15, -0.1) is 11.3 Å². The maximum absolute atomic E-state index is 12.5. The molecule has 0 fully saturated rings. The SMILES string of the molecule is CC1CCc2c(sc3nc(SC(C)C(=O)OC(C)C)[nH]c(=O)c23)C1. The van der Waals surface area contributed by atoms with Crippen LogP contribution in [0.15, 0.2) is 9.95 Å². The molecule has 3 rings (SSSR count). The van der Waals surface area contributed by atoms with E-state index in [9.17, 15) is 9.59 Å². The zero-order chi connectivity index (χ0) is 17.4. The average Bonchev–Trinajstić information content (AvgIpc) is 2.83. The van der Waals surface area contributed by atoms with Crippen molar-refractivity contribution in [1.82, 2.24) is 9.97 Å². The third kappa shape index (κ3) is 3.52. The van der Waals surface area contributed by atoms with E-state index in [0.29, 0.717) is 11.1 Å². The van der Waals surface area contributed by atoms with Gasteiger partial charge in [-0.05, 0) is 51.5 Å². The van der Waals surface area contributed by atoms with E-state index in [2.05, 4.69) is 16.9 Å². The Hall–Kier alpha value is -1.34. The van der Waals surface area contributed by atoms with Crippen molar-refractivity contribution in [2.24, 2.45) is 5.92 Å². The van der Waals surface area contributed by atoms with Gasteiger partial charge in [-0.25, -0.2) is 4.98 Å². The number of carbonyl (C=O) groups excluding carboxylic acids is 1. The first-order valence-corrected chi connectivity index (χ1v) is 9.96. The topological polar surface area (TPSA) is 72.0 Å². The summed E-state index contributed by atoms with van der Waals surface area (Å²) in [7, 11) is 0. The van der Waals surface area contributed by atoms with Gasteiger partial charge in [0.25, 0.3) is 5.56 Å². The van der Waals surface area contributed by atoms with E-state index < -0.39 is 5.25 Å². The molecule has 0 amide bonds. The summed E-state index contributed by atoms with van der Waals surface area (Å²) in [5, 5.41) is 0.804. The molecule has 1 aliphatic carbocycles. The summed E-state index contributed by atoms with van der Waals surface area (Å²) in [4.78, 5) is 34.0. The highest BCUT2D eigenvalue weighted by molar-refractivity contribution is 8.00. The number of nitrogens with one attached hydrogen (secondary N) is 1. The number of hydrogen-bond donors (Lipinski definition) is 1. The smallest absolute Gasteiger partial charge is 0.319 e. The summed E-state index contributed by atoms with van der Waals surface area (Å²) < 4.78 is 5.20. The second kappa shape index (κ2) is 6.88. The molecule has 2 unspecified atom stereocenters. The quantitative estimate of drug-likeness (QED) is 0.509. The first kappa shape index (κ1) is 17.5. The van der Waals surface area contributed by atoms with Crippen molar-refractivity contribution in [2.75, 3.05) is 0 Å². The molecule has 1 aliphatic rings. The fourth-order valence-electron chi connectivity index (χ4n) is 2.93. The number of thiophene rings is 1. The fraction of sp³-hybridized carbons (Fsp3) is 0.588. The van der Waals surface area contributed by atoms with E-state index in [4.69, 9.17) is 4.74 Å². The molecule has 2 aromatic rings. The Morgan fingerprint density at radius 3 is 2.88 bits per heavy atom. The molecule has 0 aromatic carbocycles. The van der Waals surface area contributed by atoms with E-state index in [1.807, 2.05) is 13.8 Å². The first-order chi connectivity index (χ1) is 11.3. The number of hydrogen-bond acceptors (Lipinski definition) is 6. The monoisotopic (exact) mass is 366 g/mol. The number of H-pyrrole nitrogens is 1. The van der Waals surface area contributed by atoms with Gasteiger partial charge in [0.2, 0.25) is 0 Å². The molecule has 2 atom stereocenters. The molecule has 0 bridgehead atoms. The highest BCUT2D eigenvalue weighted by Crippen LogP contribution is 2.36. The lowest BCUT2D eigenvalue weighted by Crippen LogP contribution is -2.21. The van der Waals surface area contributed by atoms with Crippen LogP contribution in [-0.4, -0.2) is 27.3 Å². The Balaban J connectivity index is 1.89. The minimum absolute atomic E-state index is 0.0982. The van der Waals surface area contributed by atoms with Gasteiger partial charge >= 0.3 is 5.97 Å². The number of rotatable bonds is 4. The van der Waals surface area contributed by atoms with Crippen LogP contribution in [0.3, 0.4) is 0 Å². The fourth-order valence-corrected chi connectivity index (χ4v) is 5.15. The van der Waals surface area contributed by atoms with Crippen molar-refractivity contribution in [3.05, 3.63) is 20.8 Å². The van der Waals surface area contributed by atoms with Crippen molar-refractivity contribution in [3.63, 3.8) is 0 Å². The van der Waals surface area contributed by atoms with E-state index >= 15 is 0 Å². The molecular formula is C17H22N2O3S2. The lowest BCUT2D eigenvalue weighted by molar-refractivity contribution is -0.146. The number of carbonyl (C=O) groups is 1. The van der Waals surface area contributed by atoms with Crippen LogP contribution in [0, 0.1) is 5.92 Å². The molecule has 0 saturated carbocycles. The molecule has 0 spiro atoms. The maximum atomic E-state index is 12.5. The van der Waals surface area contributed by atoms with Crippen LogP contribution in [0.5, 0.6) is 0 Å². The van der Waals surface area contributed by atoms with Crippen LogP contribution < -0.4 is 5.56 Å². The van der Waals surface area contributed by atoms with Gasteiger partial charge in [0, 0.05) is 4.88 Å². The van der Waals surface area contributed by atoms with Crippen molar-refractivity contribution in [2.45, 2.75) is 63.5 Å². The number of aromatic amines is 1. The third-order valence-corrected chi connectivity index (χ3v) is 6.23. The predicted molar refractivity (Wildman–Crippen MR) is 98.0 cm³/mol. The van der Waals surface area contributed by atoms with E-state index in [-0.39, 0.29) is 17.6 Å². The van der Waals surface area contributed by atoms with E-state index in [1.165, 1.54) is 22.2 Å². The van der Waals surface area contributed by atoms with Crippen LogP contribution in [0.2, 0.25) is 0 Å². The molecule has 7 heteroatoms. The predicted octanol–water partition coefficient (Wildman–Crippen LogP) is 3.54. The molecule has 2 aromatic heterocycles. The van der Waals surface area contributed by atoms with Crippen molar-refractivity contribution in [3.8, 4) is 0 Å². The molecule has 0 aliphatic heterocycles. The molecule has 1 N–H and O–H groups in total. The number of aromatic nitrogens is 2. The Kier molecular flexibility index (Phi) is 5.01. The first-order valence-electron chi connectivity index (χ1n) is 8.27. The Morgan fingerprint density at radius 2 is 2.17 bits per heavy atom. The van der Waals surface area contributed by atoms with E-state index in [0.717, 1.165) is 29.5 Å². The summed E-state index contributed by atoms with van der Waals surface area (Å²) in [5.41, 5.74) is 1.07. The zero-order valence-electron chi connectivity index (χ0n) is 14.3. The van der Waals surface area contributed by atoms with E-state index in [1.54, 1.807) is 18.3 Å². The van der Waals surface area contributed by atoms with Crippen LogP contribution in [0.1, 0.15) is 44.6 Å². The summed E-state index contributed by atoms with van der Waals surface area (Å²) in [5.74, 6) is 0.362. The van der Waals surface area contributed by atoms with Crippen LogP contribution in [0.4, 0.5) is 0 Å². The number of nitrogens with zero attached hydrogens (tertiary/aromatic N) is 1. The number of fused-ring (bicyclic) bond motifs is 3. The molecule has 24 heavy (non-hydrogen) atoms. The average molecular weight is 367 g/mol. The Morgan fingerprint density at radius 1 is 1.42 bits per heavy atom. The largest absolute Gasteiger partial charge is 0.462 e. The summed E-state index contributed by atoms with van der Waals surface area (Å²) in [6.45, 7) is 7.65. The van der Waals surface area contributed by atoms with Crippen LogP contribution in [-0.2, 0) is 22.4 Å². The second-order valence-corrected chi connectivity index (χ2v) is 9.06. The van der Waals surface area contributed by atoms with Crippen molar-refractivity contribution >= 4 is 39.3 Å². The van der Waals surface area contributed by atoms with Gasteiger partial charge in [-0.2, -0.15) is 0 Å². The standard InChI is InChI=1S/C17H22N2O3S2/c1-8(2)22-16(21)10(4)23-17-18-14(20)13-11-6-5-9(3)7-12(11)24-15(13)19-17/h8-10H,5-7H2,1-4H3,(H,18,19,20). The minimum atomic E-state index is -0.414. The molecule has 0 saturated heterocycles. The normalized spacial score (nSPS) is 18.6. The highest BCUT2D eigenvalue weighted by Gasteiger charge is 2.24. The summed E-state index contributed by atoms with van der Waals surface area (Å²) >= 11 is 2.85. The zero-order valence-corrected chi connectivity index (χ0v) is 16.0. The van der Waals surface area contributed by atoms with Crippen molar-refractivity contribution in [1.29, 1.82) is 0 Å². The van der Waals surface area contributed by atoms with Crippen LogP contribution in [0.25, 0.3) is 10.2 Å². The minimum Gasteiger partial charge on any atom is -0.462 e. The summed E-state index contributed by atoms with van der Waals surface area (Å²) in [6.07, 6.45) is 2.94. The highest BCUT2D eigenvalue weighted by atomic mass is 32.2. The van der Waals surface area contributed by atoms with Gasteiger partial charge in [0.15, 0.2) is 5.16 Å². The number of aryl methyl sites for hydroxylation is 1. The molecule has 5 nitrogen and oxygen atoms in total. The van der Waals surface area contributed by atoms with Gasteiger partial charge in [-0.1, -0.05) is 18.7 Å².